The predicted octanol–water partition coefficient (Wildman–Crippen LogP) is 3.23. The highest BCUT2D eigenvalue weighted by molar-refractivity contribution is 5.88. The lowest BCUT2D eigenvalue weighted by molar-refractivity contribution is 0.307. The van der Waals surface area contributed by atoms with E-state index in [4.69, 9.17) is 4.74 Å². The van der Waals surface area contributed by atoms with E-state index >= 15 is 0 Å². The highest BCUT2D eigenvalue weighted by Crippen LogP contribution is 2.25. The molecule has 30 heavy (non-hydrogen) atoms. The van der Waals surface area contributed by atoms with Gasteiger partial charge in [0.2, 0.25) is 0 Å². The number of hydrogen-bond acceptors (Lipinski definition) is 4. The van der Waals surface area contributed by atoms with Crippen LogP contribution in [0.2, 0.25) is 0 Å². The molecule has 7 nitrogen and oxygen atoms in total. The molecule has 0 atom stereocenters. The molecule has 2 aromatic heterocycles. The Morgan fingerprint density at radius 3 is 2.53 bits per heavy atom. The largest absolute Gasteiger partial charge is 0.493 e. The number of aryl methyl sites for hydroxylation is 2. The van der Waals surface area contributed by atoms with Crippen LogP contribution in [0.1, 0.15) is 25.7 Å². The van der Waals surface area contributed by atoms with Crippen molar-refractivity contribution in [1.82, 2.24) is 18.7 Å². The predicted molar refractivity (Wildman–Crippen MR) is 118 cm³/mol. The summed E-state index contributed by atoms with van der Waals surface area (Å²) in [6.07, 6.45) is 5.64. The van der Waals surface area contributed by atoms with Gasteiger partial charge in [-0.25, -0.2) is 9.78 Å². The second-order valence-corrected chi connectivity index (χ2v) is 7.56. The van der Waals surface area contributed by atoms with E-state index in [1.54, 1.807) is 13.4 Å². The van der Waals surface area contributed by atoms with Crippen molar-refractivity contribution in [2.45, 2.75) is 32.2 Å². The van der Waals surface area contributed by atoms with Gasteiger partial charge in [-0.1, -0.05) is 49.2 Å². The number of ether oxygens (including phenoxy) is 1. The van der Waals surface area contributed by atoms with Crippen molar-refractivity contribution >= 4 is 21.9 Å². The van der Waals surface area contributed by atoms with Crippen molar-refractivity contribution in [3.63, 3.8) is 0 Å². The molecule has 0 aliphatic carbocycles. The fourth-order valence-electron chi connectivity index (χ4n) is 3.81. The standard InChI is InChI=1S/C23H26N4O3/c1-25-21-20(22(28)26(2)23(25)29)27(16-24-21)14-7-3-4-8-15-30-19-13-9-11-17-10-5-6-12-18(17)19/h5-6,9-13,16H,3-4,7-8,14-15H2,1-2H3. The van der Waals surface area contributed by atoms with Crippen LogP contribution < -0.4 is 16.0 Å². The Labute approximate surface area is 174 Å². The monoisotopic (exact) mass is 406 g/mol. The van der Waals surface area contributed by atoms with Gasteiger partial charge in [-0.05, 0) is 24.3 Å². The SMILES string of the molecule is Cn1c(=O)c2c(ncn2CCCCCCOc2cccc3ccccc23)n(C)c1=O. The number of hydrogen-bond donors (Lipinski definition) is 0. The minimum atomic E-state index is -0.357. The van der Waals surface area contributed by atoms with E-state index in [-0.39, 0.29) is 11.2 Å². The lowest BCUT2D eigenvalue weighted by Crippen LogP contribution is -2.37. The molecule has 4 rings (SSSR count). The normalized spacial score (nSPS) is 11.4. The van der Waals surface area contributed by atoms with Gasteiger partial charge in [0.25, 0.3) is 5.56 Å². The molecule has 2 heterocycles. The van der Waals surface area contributed by atoms with E-state index in [1.165, 1.54) is 17.0 Å². The summed E-state index contributed by atoms with van der Waals surface area (Å²) < 4.78 is 10.4. The molecular formula is C23H26N4O3. The minimum Gasteiger partial charge on any atom is -0.493 e. The molecule has 0 spiro atoms. The molecule has 0 aliphatic heterocycles. The topological polar surface area (TPSA) is 71.0 Å². The number of rotatable bonds is 8. The first kappa shape index (κ1) is 19.9. The quantitative estimate of drug-likeness (QED) is 0.421. The van der Waals surface area contributed by atoms with Crippen molar-refractivity contribution in [3.05, 3.63) is 69.6 Å². The third-order valence-corrected chi connectivity index (χ3v) is 5.52. The first-order valence-electron chi connectivity index (χ1n) is 10.3. The van der Waals surface area contributed by atoms with Gasteiger partial charge in [-0.3, -0.25) is 13.9 Å². The van der Waals surface area contributed by atoms with Crippen LogP contribution in [0.4, 0.5) is 0 Å². The van der Waals surface area contributed by atoms with Crippen molar-refractivity contribution in [2.75, 3.05) is 6.61 Å². The van der Waals surface area contributed by atoms with Crippen LogP contribution in [-0.2, 0) is 20.6 Å². The molecule has 0 saturated heterocycles. The van der Waals surface area contributed by atoms with Gasteiger partial charge >= 0.3 is 5.69 Å². The number of imidazole rings is 1. The smallest absolute Gasteiger partial charge is 0.332 e. The number of fused-ring (bicyclic) bond motifs is 2. The molecule has 0 fully saturated rings. The Bertz CT molecular complexity index is 1290. The summed E-state index contributed by atoms with van der Waals surface area (Å²) in [7, 11) is 3.13. The first-order valence-corrected chi connectivity index (χ1v) is 10.3. The van der Waals surface area contributed by atoms with Gasteiger partial charge in [0, 0.05) is 26.0 Å². The molecular weight excluding hydrogens is 380 g/mol. The van der Waals surface area contributed by atoms with Gasteiger partial charge < -0.3 is 9.30 Å². The van der Waals surface area contributed by atoms with Crippen molar-refractivity contribution in [2.24, 2.45) is 14.1 Å². The zero-order valence-corrected chi connectivity index (χ0v) is 17.4. The van der Waals surface area contributed by atoms with Gasteiger partial charge in [-0.2, -0.15) is 0 Å². The molecule has 0 amide bonds. The number of nitrogens with zero attached hydrogens (tertiary/aromatic N) is 4. The highest BCUT2D eigenvalue weighted by Gasteiger charge is 2.13. The Balaban J connectivity index is 1.28. The summed E-state index contributed by atoms with van der Waals surface area (Å²) in [5.74, 6) is 0.930. The summed E-state index contributed by atoms with van der Waals surface area (Å²) in [4.78, 5) is 28.7. The van der Waals surface area contributed by atoms with Crippen LogP contribution in [0.3, 0.4) is 0 Å². The Kier molecular flexibility index (Phi) is 5.70. The lowest BCUT2D eigenvalue weighted by Gasteiger charge is -2.09. The molecule has 2 aromatic carbocycles. The Morgan fingerprint density at radius 2 is 1.67 bits per heavy atom. The maximum atomic E-state index is 12.5. The highest BCUT2D eigenvalue weighted by atomic mass is 16.5. The fourth-order valence-corrected chi connectivity index (χ4v) is 3.81. The second kappa shape index (κ2) is 8.57. The van der Waals surface area contributed by atoms with E-state index < -0.39 is 0 Å². The average molecular weight is 406 g/mol. The molecule has 0 bridgehead atoms. The average Bonchev–Trinajstić information content (AvgIpc) is 3.19. The zero-order valence-electron chi connectivity index (χ0n) is 17.4. The van der Waals surface area contributed by atoms with E-state index in [9.17, 15) is 9.59 Å². The lowest BCUT2D eigenvalue weighted by atomic mass is 10.1. The van der Waals surface area contributed by atoms with Gasteiger partial charge in [-0.15, -0.1) is 0 Å². The van der Waals surface area contributed by atoms with Crippen LogP contribution in [0.25, 0.3) is 21.9 Å². The molecule has 0 radical (unpaired) electrons. The maximum absolute atomic E-state index is 12.5. The van der Waals surface area contributed by atoms with Crippen LogP contribution in [0.15, 0.2) is 58.4 Å². The second-order valence-electron chi connectivity index (χ2n) is 7.56. The fraction of sp³-hybridized carbons (Fsp3) is 0.348. The summed E-state index contributed by atoms with van der Waals surface area (Å²) in [6.45, 7) is 1.39. The third-order valence-electron chi connectivity index (χ3n) is 5.52. The molecule has 4 aromatic rings. The number of benzene rings is 2. The Hall–Kier alpha value is -3.35. The molecule has 0 unspecified atom stereocenters. The first-order chi connectivity index (χ1) is 14.6. The van der Waals surface area contributed by atoms with E-state index in [1.807, 2.05) is 28.8 Å². The third kappa shape index (κ3) is 3.75. The summed E-state index contributed by atoms with van der Waals surface area (Å²) in [6, 6.07) is 14.4. The van der Waals surface area contributed by atoms with Gasteiger partial charge in [0.15, 0.2) is 11.2 Å². The zero-order chi connectivity index (χ0) is 21.1. The number of aromatic nitrogens is 4. The van der Waals surface area contributed by atoms with E-state index in [0.717, 1.165) is 41.4 Å². The van der Waals surface area contributed by atoms with Gasteiger partial charge in [0.05, 0.1) is 12.9 Å². The molecule has 7 heteroatoms. The van der Waals surface area contributed by atoms with Gasteiger partial charge in [0.1, 0.15) is 5.75 Å². The maximum Gasteiger partial charge on any atom is 0.332 e. The van der Waals surface area contributed by atoms with Crippen molar-refractivity contribution < 1.29 is 4.74 Å². The Morgan fingerprint density at radius 1 is 0.900 bits per heavy atom. The van der Waals surface area contributed by atoms with E-state index in [2.05, 4.69) is 23.2 Å². The summed E-state index contributed by atoms with van der Waals surface area (Å²) >= 11 is 0. The summed E-state index contributed by atoms with van der Waals surface area (Å²) in [5.41, 5.74) is 0.267. The van der Waals surface area contributed by atoms with Crippen LogP contribution in [0, 0.1) is 0 Å². The minimum absolute atomic E-state index is 0.297. The van der Waals surface area contributed by atoms with Crippen molar-refractivity contribution in [1.29, 1.82) is 0 Å². The number of unbranched alkanes of at least 4 members (excludes halogenated alkanes) is 3. The van der Waals surface area contributed by atoms with Crippen LogP contribution >= 0.6 is 0 Å². The summed E-state index contributed by atoms with van der Waals surface area (Å²) in [5, 5.41) is 2.33. The molecule has 0 N–H and O–H groups in total. The molecule has 156 valence electrons. The van der Waals surface area contributed by atoms with E-state index in [0.29, 0.717) is 24.3 Å². The van der Waals surface area contributed by atoms with Crippen LogP contribution in [-0.4, -0.2) is 25.3 Å². The molecule has 0 saturated carbocycles. The molecule has 0 aliphatic rings. The van der Waals surface area contributed by atoms with Crippen molar-refractivity contribution in [3.8, 4) is 5.75 Å². The van der Waals surface area contributed by atoms with Crippen LogP contribution in [0.5, 0.6) is 5.75 Å².